The molecule has 1 aromatic heterocycles. The molecular formula is C24H23N3OS. The summed E-state index contributed by atoms with van der Waals surface area (Å²) in [6.07, 6.45) is 3.90. The first-order chi connectivity index (χ1) is 14.1. The van der Waals surface area contributed by atoms with Gasteiger partial charge in [-0.1, -0.05) is 48.0 Å². The predicted octanol–water partition coefficient (Wildman–Crippen LogP) is 5.04. The minimum atomic E-state index is -0.0797. The van der Waals surface area contributed by atoms with Gasteiger partial charge in [-0.2, -0.15) is 5.10 Å². The van der Waals surface area contributed by atoms with Crippen molar-refractivity contribution in [2.75, 3.05) is 6.26 Å². The Morgan fingerprint density at radius 3 is 2.45 bits per heavy atom. The molecule has 0 aliphatic heterocycles. The Morgan fingerprint density at radius 1 is 1.00 bits per heavy atom. The molecule has 4 aromatic rings. The molecule has 1 amide bonds. The van der Waals surface area contributed by atoms with Crippen molar-refractivity contribution < 1.29 is 4.79 Å². The number of nitrogens with zero attached hydrogens (tertiary/aromatic N) is 2. The molecule has 0 aliphatic rings. The van der Waals surface area contributed by atoms with E-state index < -0.39 is 0 Å². The molecule has 0 fully saturated rings. The number of rotatable bonds is 6. The lowest BCUT2D eigenvalue weighted by atomic mass is 10.1. The molecule has 0 bridgehead atoms. The van der Waals surface area contributed by atoms with E-state index in [0.29, 0.717) is 18.7 Å². The number of nitrogens with one attached hydrogen (secondary N) is 1. The van der Waals surface area contributed by atoms with Crippen molar-refractivity contribution in [2.24, 2.45) is 0 Å². The number of carbonyl (C=O) groups is 1. The summed E-state index contributed by atoms with van der Waals surface area (Å²) in [6, 6.07) is 22.4. The average molecular weight is 402 g/mol. The molecule has 1 N–H and O–H groups in total. The molecule has 4 rings (SSSR count). The number of fused-ring (bicyclic) bond motifs is 1. The lowest BCUT2D eigenvalue weighted by Crippen LogP contribution is -2.22. The quantitative estimate of drug-likeness (QED) is 0.460. The van der Waals surface area contributed by atoms with Crippen molar-refractivity contribution in [1.82, 2.24) is 15.1 Å². The number of carbonyl (C=O) groups excluding carboxylic acids is 1. The molecule has 4 nitrogen and oxygen atoms in total. The summed E-state index contributed by atoms with van der Waals surface area (Å²) < 4.78 is 1.94. The third-order valence-corrected chi connectivity index (χ3v) is 5.72. The van der Waals surface area contributed by atoms with Gasteiger partial charge >= 0.3 is 0 Å². The van der Waals surface area contributed by atoms with E-state index in [1.54, 1.807) is 11.8 Å². The second-order valence-electron chi connectivity index (χ2n) is 7.09. The predicted molar refractivity (Wildman–Crippen MR) is 119 cm³/mol. The van der Waals surface area contributed by atoms with Crippen molar-refractivity contribution in [3.05, 3.63) is 95.2 Å². The molecule has 146 valence electrons. The molecule has 5 heteroatoms. The topological polar surface area (TPSA) is 46.9 Å². The van der Waals surface area contributed by atoms with E-state index in [4.69, 9.17) is 0 Å². The van der Waals surface area contributed by atoms with Gasteiger partial charge in [0, 0.05) is 22.4 Å². The van der Waals surface area contributed by atoms with Gasteiger partial charge in [0.2, 0.25) is 0 Å². The zero-order chi connectivity index (χ0) is 20.2. The van der Waals surface area contributed by atoms with E-state index in [1.165, 1.54) is 16.0 Å². The van der Waals surface area contributed by atoms with Crippen LogP contribution in [-0.2, 0) is 13.1 Å². The van der Waals surface area contributed by atoms with Crippen molar-refractivity contribution in [2.45, 2.75) is 24.9 Å². The minimum absolute atomic E-state index is 0.0797. The Kier molecular flexibility index (Phi) is 5.67. The molecule has 0 spiro atoms. The van der Waals surface area contributed by atoms with E-state index >= 15 is 0 Å². The lowest BCUT2D eigenvalue weighted by molar-refractivity contribution is 0.0951. The fraction of sp³-hybridized carbons (Fsp3) is 0.167. The highest BCUT2D eigenvalue weighted by Crippen LogP contribution is 2.18. The number of amides is 1. The third kappa shape index (κ3) is 4.51. The summed E-state index contributed by atoms with van der Waals surface area (Å²) in [6.45, 7) is 3.26. The third-order valence-electron chi connectivity index (χ3n) is 4.97. The highest BCUT2D eigenvalue weighted by atomic mass is 32.2. The van der Waals surface area contributed by atoms with Crippen LogP contribution >= 0.6 is 11.8 Å². The molecule has 0 saturated carbocycles. The van der Waals surface area contributed by atoms with Crippen LogP contribution in [-0.4, -0.2) is 21.9 Å². The maximum Gasteiger partial charge on any atom is 0.251 e. The molecule has 3 aromatic carbocycles. The highest BCUT2D eigenvalue weighted by molar-refractivity contribution is 7.98. The van der Waals surface area contributed by atoms with Crippen molar-refractivity contribution in [3.8, 4) is 0 Å². The van der Waals surface area contributed by atoms with E-state index in [2.05, 4.69) is 60.0 Å². The van der Waals surface area contributed by atoms with Crippen molar-refractivity contribution in [3.63, 3.8) is 0 Å². The fourth-order valence-electron chi connectivity index (χ4n) is 3.23. The average Bonchev–Trinajstić information content (AvgIpc) is 3.16. The van der Waals surface area contributed by atoms with Crippen molar-refractivity contribution >= 4 is 28.6 Å². The second kappa shape index (κ2) is 8.53. The maximum atomic E-state index is 12.7. The Balaban J connectivity index is 1.49. The van der Waals surface area contributed by atoms with Gasteiger partial charge < -0.3 is 5.32 Å². The van der Waals surface area contributed by atoms with Crippen LogP contribution in [0, 0.1) is 6.92 Å². The van der Waals surface area contributed by atoms with Gasteiger partial charge in [0.1, 0.15) is 0 Å². The largest absolute Gasteiger partial charge is 0.348 e. The molecular weight excluding hydrogens is 378 g/mol. The van der Waals surface area contributed by atoms with E-state index in [9.17, 15) is 4.79 Å². The van der Waals surface area contributed by atoms with Crippen molar-refractivity contribution in [1.29, 1.82) is 0 Å². The first-order valence-corrected chi connectivity index (χ1v) is 10.8. The zero-order valence-corrected chi connectivity index (χ0v) is 17.4. The number of hydrogen-bond donors (Lipinski definition) is 1. The second-order valence-corrected chi connectivity index (χ2v) is 7.97. The van der Waals surface area contributed by atoms with Gasteiger partial charge in [-0.05, 0) is 48.6 Å². The molecule has 1 heterocycles. The van der Waals surface area contributed by atoms with Crippen LogP contribution in [0.1, 0.15) is 27.0 Å². The van der Waals surface area contributed by atoms with Gasteiger partial charge in [-0.25, -0.2) is 0 Å². The van der Waals surface area contributed by atoms with Gasteiger partial charge in [0.25, 0.3) is 5.91 Å². The van der Waals surface area contributed by atoms with E-state index in [1.807, 2.05) is 41.2 Å². The first kappa shape index (κ1) is 19.3. The molecule has 0 aliphatic carbocycles. The monoisotopic (exact) mass is 401 g/mol. The smallest absolute Gasteiger partial charge is 0.251 e. The summed E-state index contributed by atoms with van der Waals surface area (Å²) in [5.74, 6) is -0.0797. The van der Waals surface area contributed by atoms with Gasteiger partial charge in [-0.15, -0.1) is 11.8 Å². The summed E-state index contributed by atoms with van der Waals surface area (Å²) in [5.41, 5.74) is 5.11. The number of aromatic nitrogens is 2. The molecule has 0 atom stereocenters. The van der Waals surface area contributed by atoms with Crippen LogP contribution in [0.3, 0.4) is 0 Å². The number of hydrogen-bond acceptors (Lipinski definition) is 3. The van der Waals surface area contributed by atoms with Crippen LogP contribution in [0.5, 0.6) is 0 Å². The molecule has 29 heavy (non-hydrogen) atoms. The number of thioether (sulfide) groups is 1. The summed E-state index contributed by atoms with van der Waals surface area (Å²) in [4.78, 5) is 13.9. The number of benzene rings is 3. The van der Waals surface area contributed by atoms with Crippen LogP contribution in [0.15, 0.2) is 77.8 Å². The highest BCUT2D eigenvalue weighted by Gasteiger charge is 2.10. The Hall–Kier alpha value is -3.05. The van der Waals surface area contributed by atoms with Crippen LogP contribution in [0.25, 0.3) is 10.9 Å². The first-order valence-electron chi connectivity index (χ1n) is 9.54. The zero-order valence-electron chi connectivity index (χ0n) is 16.6. The minimum Gasteiger partial charge on any atom is -0.348 e. The molecule has 0 saturated heterocycles. The Morgan fingerprint density at radius 2 is 1.72 bits per heavy atom. The summed E-state index contributed by atoms with van der Waals surface area (Å²) in [5, 5.41) is 8.54. The Bertz CT molecular complexity index is 1130. The van der Waals surface area contributed by atoms with Gasteiger partial charge in [0.15, 0.2) is 0 Å². The Labute approximate surface area is 174 Å². The maximum absolute atomic E-state index is 12.7. The van der Waals surface area contributed by atoms with E-state index in [0.717, 1.165) is 16.5 Å². The SMILES string of the molecule is CSc1ccc(CNC(=O)c2ccc3cnn(Cc4ccc(C)cc4)c3c2)cc1. The summed E-state index contributed by atoms with van der Waals surface area (Å²) in [7, 11) is 0. The van der Waals surface area contributed by atoms with E-state index in [-0.39, 0.29) is 5.91 Å². The van der Waals surface area contributed by atoms with Crippen LogP contribution < -0.4 is 5.32 Å². The van der Waals surface area contributed by atoms with Crippen LogP contribution in [0.2, 0.25) is 0 Å². The normalized spacial score (nSPS) is 11.0. The fourth-order valence-corrected chi connectivity index (χ4v) is 3.64. The van der Waals surface area contributed by atoms with Crippen LogP contribution in [0.4, 0.5) is 0 Å². The van der Waals surface area contributed by atoms with Gasteiger partial charge in [-0.3, -0.25) is 9.48 Å². The van der Waals surface area contributed by atoms with Gasteiger partial charge in [0.05, 0.1) is 18.3 Å². The standard InChI is InChI=1S/C24H23N3OS/c1-17-3-5-19(6-4-17)16-27-23-13-20(9-10-21(23)15-26-27)24(28)25-14-18-7-11-22(29-2)12-8-18/h3-13,15H,14,16H2,1-2H3,(H,25,28). The molecule has 0 unspecified atom stereocenters. The summed E-state index contributed by atoms with van der Waals surface area (Å²) >= 11 is 1.71. The number of aryl methyl sites for hydroxylation is 1. The lowest BCUT2D eigenvalue weighted by Gasteiger charge is -2.08. The molecule has 0 radical (unpaired) electrons.